The highest BCUT2D eigenvalue weighted by atomic mass is 19.1. The van der Waals surface area contributed by atoms with Crippen molar-refractivity contribution in [2.24, 2.45) is 5.92 Å². The Bertz CT molecular complexity index is 238. The lowest BCUT2D eigenvalue weighted by atomic mass is 9.79. The lowest BCUT2D eigenvalue weighted by molar-refractivity contribution is 0.150. The number of alkyl halides is 1. The van der Waals surface area contributed by atoms with Gasteiger partial charge in [-0.15, -0.1) is 0 Å². The Morgan fingerprint density at radius 2 is 1.83 bits per heavy atom. The molecule has 0 spiro atoms. The topological polar surface area (TPSA) is 0 Å². The summed E-state index contributed by atoms with van der Waals surface area (Å²) < 4.78 is 13.6. The normalized spacial score (nSPS) is 20.1. The van der Waals surface area contributed by atoms with Gasteiger partial charge in [-0.05, 0) is 24.3 Å². The van der Waals surface area contributed by atoms with Gasteiger partial charge < -0.3 is 0 Å². The van der Waals surface area contributed by atoms with Crippen LogP contribution in [0.4, 0.5) is 4.39 Å². The molecule has 0 radical (unpaired) electrons. The predicted molar refractivity (Wildman–Crippen MR) is 47.6 cm³/mol. The molecule has 64 valence electrons. The summed E-state index contributed by atoms with van der Waals surface area (Å²) in [4.78, 5) is 0. The van der Waals surface area contributed by atoms with E-state index in [0.717, 1.165) is 18.4 Å². The highest BCUT2D eigenvalue weighted by Gasteiger charge is 2.27. The molecule has 0 bridgehead atoms. The Morgan fingerprint density at radius 3 is 2.33 bits per heavy atom. The maximum absolute atomic E-state index is 13.6. The van der Waals surface area contributed by atoms with Crippen LogP contribution in [0.1, 0.15) is 31.0 Å². The van der Waals surface area contributed by atoms with E-state index in [4.69, 9.17) is 0 Å². The van der Waals surface area contributed by atoms with Crippen LogP contribution in [0.3, 0.4) is 0 Å². The van der Waals surface area contributed by atoms with Crippen LogP contribution in [0.25, 0.3) is 0 Å². The summed E-state index contributed by atoms with van der Waals surface area (Å²) in [7, 11) is 0. The minimum absolute atomic E-state index is 0.299. The maximum atomic E-state index is 13.6. The number of hydrogen-bond donors (Lipinski definition) is 0. The lowest BCUT2D eigenvalue weighted by Crippen LogP contribution is -2.16. The predicted octanol–water partition coefficient (Wildman–Crippen LogP) is 3.50. The van der Waals surface area contributed by atoms with Crippen molar-refractivity contribution in [1.29, 1.82) is 0 Å². The van der Waals surface area contributed by atoms with Crippen LogP contribution >= 0.6 is 0 Å². The Kier molecular flexibility index (Phi) is 2.11. The van der Waals surface area contributed by atoms with Crippen molar-refractivity contribution in [3.05, 3.63) is 35.9 Å². The molecule has 1 aromatic rings. The van der Waals surface area contributed by atoms with E-state index < -0.39 is 6.17 Å². The molecular formula is C11H13F. The van der Waals surface area contributed by atoms with Crippen LogP contribution in [0, 0.1) is 5.92 Å². The minimum atomic E-state index is -0.722. The molecule has 0 amide bonds. The van der Waals surface area contributed by atoms with E-state index in [-0.39, 0.29) is 0 Å². The molecule has 1 heteroatoms. The van der Waals surface area contributed by atoms with Crippen molar-refractivity contribution < 1.29 is 4.39 Å². The largest absolute Gasteiger partial charge is 0.242 e. The second-order valence-corrected chi connectivity index (χ2v) is 3.50. The van der Waals surface area contributed by atoms with E-state index in [9.17, 15) is 4.39 Å². The molecule has 0 saturated heterocycles. The first-order chi connectivity index (χ1) is 5.88. The van der Waals surface area contributed by atoms with Crippen molar-refractivity contribution >= 4 is 0 Å². The van der Waals surface area contributed by atoms with Crippen molar-refractivity contribution in [3.63, 3.8) is 0 Å². The average molecular weight is 164 g/mol. The maximum Gasteiger partial charge on any atom is 0.128 e. The zero-order valence-electron chi connectivity index (χ0n) is 7.04. The van der Waals surface area contributed by atoms with Crippen LogP contribution < -0.4 is 0 Å². The summed E-state index contributed by atoms with van der Waals surface area (Å²) in [6, 6.07) is 9.49. The Morgan fingerprint density at radius 1 is 1.17 bits per heavy atom. The van der Waals surface area contributed by atoms with Crippen molar-refractivity contribution in [2.75, 3.05) is 0 Å². The third kappa shape index (κ3) is 1.36. The monoisotopic (exact) mass is 164 g/mol. The fraction of sp³-hybridized carbons (Fsp3) is 0.455. The Balaban J connectivity index is 2.08. The average Bonchev–Trinajstić information content (AvgIpc) is 2.03. The van der Waals surface area contributed by atoms with E-state index in [1.807, 2.05) is 30.3 Å². The van der Waals surface area contributed by atoms with E-state index >= 15 is 0 Å². The Hall–Kier alpha value is -0.850. The Labute approximate surface area is 72.4 Å². The number of rotatable bonds is 2. The minimum Gasteiger partial charge on any atom is -0.242 e. The summed E-state index contributed by atoms with van der Waals surface area (Å²) in [6.45, 7) is 0. The van der Waals surface area contributed by atoms with Crippen molar-refractivity contribution in [3.8, 4) is 0 Å². The first-order valence-corrected chi connectivity index (χ1v) is 4.57. The van der Waals surface area contributed by atoms with Gasteiger partial charge in [0.25, 0.3) is 0 Å². The number of halogens is 1. The third-order valence-corrected chi connectivity index (χ3v) is 2.68. The number of hydrogen-bond acceptors (Lipinski definition) is 0. The molecule has 0 nitrogen and oxygen atoms in total. The standard InChI is InChI=1S/C11H13F/c12-11(10-7-4-8-10)9-5-2-1-3-6-9/h1-3,5-6,10-11H,4,7-8H2. The second-order valence-electron chi connectivity index (χ2n) is 3.50. The van der Waals surface area contributed by atoms with Gasteiger partial charge in [0.2, 0.25) is 0 Å². The molecule has 1 aliphatic carbocycles. The quantitative estimate of drug-likeness (QED) is 0.627. The van der Waals surface area contributed by atoms with Gasteiger partial charge in [-0.3, -0.25) is 0 Å². The fourth-order valence-electron chi connectivity index (χ4n) is 1.64. The summed E-state index contributed by atoms with van der Waals surface area (Å²) in [6.07, 6.45) is 2.62. The van der Waals surface area contributed by atoms with E-state index in [1.54, 1.807) is 0 Å². The van der Waals surface area contributed by atoms with Gasteiger partial charge >= 0.3 is 0 Å². The van der Waals surface area contributed by atoms with Crippen LogP contribution in [0.5, 0.6) is 0 Å². The van der Waals surface area contributed by atoms with Gasteiger partial charge in [-0.25, -0.2) is 4.39 Å². The molecule has 0 aliphatic heterocycles. The lowest BCUT2D eigenvalue weighted by Gasteiger charge is -2.28. The molecule has 1 atom stereocenters. The zero-order valence-corrected chi connectivity index (χ0v) is 7.04. The SMILES string of the molecule is FC(c1ccccc1)C1CCC1. The first-order valence-electron chi connectivity index (χ1n) is 4.57. The molecule has 12 heavy (non-hydrogen) atoms. The molecule has 0 heterocycles. The van der Waals surface area contributed by atoms with Crippen LogP contribution in [0.2, 0.25) is 0 Å². The molecule has 1 aliphatic rings. The zero-order chi connectivity index (χ0) is 8.39. The molecule has 0 N–H and O–H groups in total. The van der Waals surface area contributed by atoms with Crippen LogP contribution in [0.15, 0.2) is 30.3 Å². The molecule has 2 rings (SSSR count). The molecule has 0 aromatic heterocycles. The molecule has 1 saturated carbocycles. The van der Waals surface area contributed by atoms with E-state index in [0.29, 0.717) is 5.92 Å². The molecule has 1 unspecified atom stereocenters. The summed E-state index contributed by atoms with van der Waals surface area (Å²) >= 11 is 0. The third-order valence-electron chi connectivity index (χ3n) is 2.68. The van der Waals surface area contributed by atoms with Crippen molar-refractivity contribution in [1.82, 2.24) is 0 Å². The van der Waals surface area contributed by atoms with Gasteiger partial charge in [-0.2, -0.15) is 0 Å². The van der Waals surface area contributed by atoms with Gasteiger partial charge in [0.1, 0.15) is 6.17 Å². The smallest absolute Gasteiger partial charge is 0.128 e. The summed E-state index contributed by atoms with van der Waals surface area (Å²) in [5, 5.41) is 0. The second kappa shape index (κ2) is 3.26. The first kappa shape index (κ1) is 7.78. The van der Waals surface area contributed by atoms with Crippen molar-refractivity contribution in [2.45, 2.75) is 25.4 Å². The molecule has 1 aromatic carbocycles. The van der Waals surface area contributed by atoms with E-state index in [2.05, 4.69) is 0 Å². The highest BCUT2D eigenvalue weighted by Crippen LogP contribution is 2.39. The van der Waals surface area contributed by atoms with Gasteiger partial charge in [0.15, 0.2) is 0 Å². The van der Waals surface area contributed by atoms with Crippen LogP contribution in [-0.2, 0) is 0 Å². The molecular weight excluding hydrogens is 151 g/mol. The fourth-order valence-corrected chi connectivity index (χ4v) is 1.64. The summed E-state index contributed by atoms with van der Waals surface area (Å²) in [5.74, 6) is 0.299. The highest BCUT2D eigenvalue weighted by molar-refractivity contribution is 5.18. The van der Waals surface area contributed by atoms with Crippen LogP contribution in [-0.4, -0.2) is 0 Å². The summed E-state index contributed by atoms with van der Waals surface area (Å²) in [5.41, 5.74) is 0.849. The van der Waals surface area contributed by atoms with Gasteiger partial charge in [0, 0.05) is 0 Å². The van der Waals surface area contributed by atoms with Gasteiger partial charge in [0.05, 0.1) is 0 Å². The number of benzene rings is 1. The van der Waals surface area contributed by atoms with Gasteiger partial charge in [-0.1, -0.05) is 36.8 Å². The van der Waals surface area contributed by atoms with E-state index in [1.165, 1.54) is 6.42 Å². The molecule has 1 fully saturated rings.